The van der Waals surface area contributed by atoms with E-state index in [9.17, 15) is 18.4 Å². The Kier molecular flexibility index (Phi) is 7.32. The Labute approximate surface area is 220 Å². The van der Waals surface area contributed by atoms with Gasteiger partial charge < -0.3 is 15.1 Å². The topological polar surface area (TPSA) is 127 Å². The smallest absolute Gasteiger partial charge is 0.270 e. The maximum absolute atomic E-state index is 14.3. The third-order valence-corrected chi connectivity index (χ3v) is 6.91. The summed E-state index contributed by atoms with van der Waals surface area (Å²) in [6.45, 7) is 2.20. The lowest BCUT2D eigenvalue weighted by atomic mass is 9.82. The van der Waals surface area contributed by atoms with Gasteiger partial charge in [-0.3, -0.25) is 9.59 Å². The Balaban J connectivity index is 1.24. The third kappa shape index (κ3) is 5.49. The van der Waals surface area contributed by atoms with Gasteiger partial charge in [0.15, 0.2) is 11.5 Å². The number of halogens is 3. The minimum absolute atomic E-state index is 0.0242. The summed E-state index contributed by atoms with van der Waals surface area (Å²) in [4.78, 5) is 29.9. The lowest BCUT2D eigenvalue weighted by Gasteiger charge is -2.26. The maximum atomic E-state index is 14.3. The lowest BCUT2D eigenvalue weighted by Crippen LogP contribution is -2.33. The summed E-state index contributed by atoms with van der Waals surface area (Å²) in [5.41, 5.74) is 0.126. The van der Waals surface area contributed by atoms with E-state index in [0.717, 1.165) is 36.4 Å². The second-order valence-corrected chi connectivity index (χ2v) is 9.68. The maximum Gasteiger partial charge on any atom is 0.270 e. The molecule has 3 aromatic heterocycles. The molecule has 13 heteroatoms. The van der Waals surface area contributed by atoms with Gasteiger partial charge >= 0.3 is 0 Å². The molecule has 1 aliphatic carbocycles. The van der Waals surface area contributed by atoms with Gasteiger partial charge in [0.05, 0.1) is 11.2 Å². The molecule has 1 aromatic carbocycles. The third-order valence-electron chi connectivity index (χ3n) is 6.62. The number of carbonyl (C=O) groups is 2. The van der Waals surface area contributed by atoms with Crippen LogP contribution in [0.15, 0.2) is 34.9 Å². The normalized spacial score (nSPS) is 17.5. The van der Waals surface area contributed by atoms with Crippen molar-refractivity contribution >= 4 is 29.1 Å². The largest absolute Gasteiger partial charge is 0.425 e. The molecular formula is C25H24ClF2N7O3. The Bertz CT molecular complexity index is 1500. The van der Waals surface area contributed by atoms with Crippen LogP contribution in [0.1, 0.15) is 69.9 Å². The molecule has 1 aliphatic rings. The van der Waals surface area contributed by atoms with E-state index in [-0.39, 0.29) is 40.4 Å². The van der Waals surface area contributed by atoms with Gasteiger partial charge in [-0.25, -0.2) is 18.3 Å². The van der Waals surface area contributed by atoms with E-state index in [1.54, 1.807) is 6.92 Å². The molecule has 2 amide bonds. The molecule has 0 spiro atoms. The predicted octanol–water partition coefficient (Wildman–Crippen LogP) is 3.99. The number of carbonyl (C=O) groups excluding carboxylic acids is 2. The number of fused-ring (bicyclic) bond motifs is 1. The first-order valence-electron chi connectivity index (χ1n) is 12.1. The number of hydrogen-bond acceptors (Lipinski definition) is 7. The molecule has 1 saturated carbocycles. The number of amides is 2. The average molecular weight is 544 g/mol. The number of aromatic nitrogens is 5. The van der Waals surface area contributed by atoms with Crippen molar-refractivity contribution in [1.29, 1.82) is 0 Å². The number of rotatable bonds is 7. The highest BCUT2D eigenvalue weighted by molar-refractivity contribution is 6.30. The van der Waals surface area contributed by atoms with Crippen molar-refractivity contribution in [2.75, 3.05) is 6.54 Å². The first-order valence-corrected chi connectivity index (χ1v) is 12.5. The van der Waals surface area contributed by atoms with E-state index >= 15 is 0 Å². The second kappa shape index (κ2) is 10.8. The van der Waals surface area contributed by atoms with Crippen LogP contribution in [0.5, 0.6) is 0 Å². The summed E-state index contributed by atoms with van der Waals surface area (Å²) in [6, 6.07) is 5.32. The van der Waals surface area contributed by atoms with Crippen molar-refractivity contribution < 1.29 is 22.8 Å². The fourth-order valence-corrected chi connectivity index (χ4v) is 4.76. The Morgan fingerprint density at radius 3 is 2.58 bits per heavy atom. The van der Waals surface area contributed by atoms with Gasteiger partial charge in [0.25, 0.3) is 11.8 Å². The van der Waals surface area contributed by atoms with Gasteiger partial charge in [-0.05, 0) is 49.3 Å². The van der Waals surface area contributed by atoms with Crippen molar-refractivity contribution in [3.63, 3.8) is 0 Å². The molecule has 3 heterocycles. The summed E-state index contributed by atoms with van der Waals surface area (Å²) in [5.74, 6) is -0.839. The summed E-state index contributed by atoms with van der Waals surface area (Å²) in [6.07, 6.45) is 4.41. The van der Waals surface area contributed by atoms with Crippen molar-refractivity contribution in [2.24, 2.45) is 5.92 Å². The molecule has 0 radical (unpaired) electrons. The van der Waals surface area contributed by atoms with Gasteiger partial charge in [-0.15, -0.1) is 10.2 Å². The van der Waals surface area contributed by atoms with Crippen LogP contribution in [-0.4, -0.2) is 43.2 Å². The van der Waals surface area contributed by atoms with E-state index in [1.807, 2.05) is 0 Å². The molecule has 0 unspecified atom stereocenters. The minimum Gasteiger partial charge on any atom is -0.425 e. The SMILES string of the molecule is Cc1nnc(C2CCC(CNC(=O)c3cc(C(=O)NCc4ccc(F)c(Cl)c4)nc4c(F)cnn34)CC2)o1. The Morgan fingerprint density at radius 1 is 1.08 bits per heavy atom. The van der Waals surface area contributed by atoms with Crippen molar-refractivity contribution in [3.05, 3.63) is 75.9 Å². The number of aryl methyl sites for hydroxylation is 1. The van der Waals surface area contributed by atoms with Crippen LogP contribution in [0.25, 0.3) is 5.65 Å². The fourth-order valence-electron chi connectivity index (χ4n) is 4.55. The van der Waals surface area contributed by atoms with Crippen LogP contribution < -0.4 is 10.6 Å². The van der Waals surface area contributed by atoms with Crippen LogP contribution in [0.2, 0.25) is 5.02 Å². The molecule has 1 fully saturated rings. The standard InChI is InChI=1S/C25H24ClF2N7O3/c1-13-33-34-25(38-13)16-5-2-14(3-6-16)10-30-24(37)21-9-20(32-22-19(28)12-31-35(21)22)23(36)29-11-15-4-7-18(27)17(26)8-15/h4,7-9,12,14,16H,2-3,5-6,10-11H2,1H3,(H,29,36)(H,30,37). The predicted molar refractivity (Wildman–Crippen MR) is 132 cm³/mol. The van der Waals surface area contributed by atoms with Gasteiger partial charge in [-0.1, -0.05) is 17.7 Å². The van der Waals surface area contributed by atoms with Crippen LogP contribution in [0.3, 0.4) is 0 Å². The molecular weight excluding hydrogens is 520 g/mol. The molecule has 38 heavy (non-hydrogen) atoms. The molecule has 4 aromatic rings. The van der Waals surface area contributed by atoms with E-state index in [4.69, 9.17) is 16.0 Å². The Morgan fingerprint density at radius 2 is 1.87 bits per heavy atom. The lowest BCUT2D eigenvalue weighted by molar-refractivity contribution is 0.0934. The van der Waals surface area contributed by atoms with E-state index in [0.29, 0.717) is 23.9 Å². The first-order chi connectivity index (χ1) is 18.3. The van der Waals surface area contributed by atoms with Crippen LogP contribution in [0.4, 0.5) is 8.78 Å². The molecule has 5 rings (SSSR count). The summed E-state index contributed by atoms with van der Waals surface area (Å²) in [7, 11) is 0. The second-order valence-electron chi connectivity index (χ2n) is 9.27. The Hall–Kier alpha value is -3.93. The number of hydrogen-bond donors (Lipinski definition) is 2. The zero-order valence-corrected chi connectivity index (χ0v) is 21.1. The molecule has 198 valence electrons. The van der Waals surface area contributed by atoms with E-state index in [2.05, 4.69) is 30.9 Å². The molecule has 2 N–H and O–H groups in total. The highest BCUT2D eigenvalue weighted by Crippen LogP contribution is 2.34. The fraction of sp³-hybridized carbons (Fsp3) is 0.360. The molecule has 0 atom stereocenters. The van der Waals surface area contributed by atoms with Crippen molar-refractivity contribution in [2.45, 2.75) is 45.1 Å². The van der Waals surface area contributed by atoms with Gasteiger partial charge in [0.1, 0.15) is 17.2 Å². The molecule has 10 nitrogen and oxygen atoms in total. The molecule has 0 aliphatic heterocycles. The van der Waals surface area contributed by atoms with Crippen LogP contribution in [-0.2, 0) is 6.54 Å². The van der Waals surface area contributed by atoms with E-state index < -0.39 is 23.4 Å². The quantitative estimate of drug-likeness (QED) is 0.361. The highest BCUT2D eigenvalue weighted by Gasteiger charge is 2.27. The van der Waals surface area contributed by atoms with Gasteiger partial charge in [0, 0.05) is 32.0 Å². The van der Waals surface area contributed by atoms with Crippen molar-refractivity contribution in [1.82, 2.24) is 35.4 Å². The number of benzene rings is 1. The number of nitrogens with one attached hydrogen (secondary N) is 2. The summed E-state index contributed by atoms with van der Waals surface area (Å²) < 4.78 is 34.3. The van der Waals surface area contributed by atoms with Gasteiger partial charge in [-0.2, -0.15) is 5.10 Å². The highest BCUT2D eigenvalue weighted by atomic mass is 35.5. The monoisotopic (exact) mass is 543 g/mol. The minimum atomic E-state index is -0.770. The zero-order valence-electron chi connectivity index (χ0n) is 20.4. The summed E-state index contributed by atoms with van der Waals surface area (Å²) in [5, 5.41) is 17.3. The molecule has 0 saturated heterocycles. The first kappa shape index (κ1) is 25.7. The van der Waals surface area contributed by atoms with Crippen molar-refractivity contribution in [3.8, 4) is 0 Å². The average Bonchev–Trinajstić information content (AvgIpc) is 3.53. The van der Waals surface area contributed by atoms with Crippen LogP contribution >= 0.6 is 11.6 Å². The van der Waals surface area contributed by atoms with Crippen LogP contribution in [0, 0.1) is 24.5 Å². The summed E-state index contributed by atoms with van der Waals surface area (Å²) >= 11 is 5.79. The van der Waals surface area contributed by atoms with E-state index in [1.165, 1.54) is 24.3 Å². The van der Waals surface area contributed by atoms with Gasteiger partial charge in [0.2, 0.25) is 11.8 Å². The number of nitrogens with zero attached hydrogens (tertiary/aromatic N) is 5. The zero-order chi connectivity index (χ0) is 26.8. The molecule has 0 bridgehead atoms.